The second-order valence-electron chi connectivity index (χ2n) is 5.90. The first-order chi connectivity index (χ1) is 10.5. The fraction of sp³-hybridized carbons (Fsp3) is 0.471. The van der Waals surface area contributed by atoms with Crippen LogP contribution in [0, 0.1) is 5.92 Å². The monoisotopic (exact) mass is 321 g/mol. The number of sulfone groups is 1. The van der Waals surface area contributed by atoms with Crippen LogP contribution in [0.1, 0.15) is 31.7 Å². The molecule has 1 heterocycles. The summed E-state index contributed by atoms with van der Waals surface area (Å²) in [5.41, 5.74) is 1.97. The van der Waals surface area contributed by atoms with Crippen molar-refractivity contribution in [3.63, 3.8) is 0 Å². The minimum Gasteiger partial charge on any atom is -0.353 e. The van der Waals surface area contributed by atoms with E-state index in [2.05, 4.69) is 5.32 Å². The van der Waals surface area contributed by atoms with Gasteiger partial charge in [-0.25, -0.2) is 8.42 Å². The summed E-state index contributed by atoms with van der Waals surface area (Å²) in [6, 6.07) is 9.78. The smallest absolute Gasteiger partial charge is 0.244 e. The van der Waals surface area contributed by atoms with E-state index in [-0.39, 0.29) is 11.8 Å². The molecule has 4 nitrogen and oxygen atoms in total. The third-order valence-electron chi connectivity index (χ3n) is 3.99. The molecule has 120 valence electrons. The topological polar surface area (TPSA) is 63.2 Å². The fourth-order valence-corrected chi connectivity index (χ4v) is 4.64. The Morgan fingerprint density at radius 2 is 2.05 bits per heavy atom. The van der Waals surface area contributed by atoms with Gasteiger partial charge in [0.05, 0.1) is 11.5 Å². The lowest BCUT2D eigenvalue weighted by atomic mass is 10.0. The number of carbonyl (C=O) groups excluding carboxylic acids is 1. The van der Waals surface area contributed by atoms with E-state index in [1.54, 1.807) is 6.08 Å². The van der Waals surface area contributed by atoms with Crippen LogP contribution in [-0.4, -0.2) is 32.4 Å². The van der Waals surface area contributed by atoms with Gasteiger partial charge in [-0.15, -0.1) is 0 Å². The highest BCUT2D eigenvalue weighted by atomic mass is 32.2. The van der Waals surface area contributed by atoms with Crippen LogP contribution in [0.5, 0.6) is 0 Å². The predicted molar refractivity (Wildman–Crippen MR) is 89.1 cm³/mol. The van der Waals surface area contributed by atoms with Crippen LogP contribution in [-0.2, 0) is 14.6 Å². The average molecular weight is 321 g/mol. The minimum atomic E-state index is -2.79. The maximum Gasteiger partial charge on any atom is 0.244 e. The minimum absolute atomic E-state index is 0.0969. The van der Waals surface area contributed by atoms with Crippen molar-refractivity contribution in [2.75, 3.05) is 18.1 Å². The lowest BCUT2D eigenvalue weighted by molar-refractivity contribution is -0.116. The van der Waals surface area contributed by atoms with Gasteiger partial charge < -0.3 is 5.32 Å². The molecule has 1 aromatic rings. The Hall–Kier alpha value is -1.62. The van der Waals surface area contributed by atoms with Crippen LogP contribution < -0.4 is 5.32 Å². The largest absolute Gasteiger partial charge is 0.353 e. The predicted octanol–water partition coefficient (Wildman–Crippen LogP) is 2.42. The highest BCUT2D eigenvalue weighted by Crippen LogP contribution is 2.22. The molecular weight excluding hydrogens is 298 g/mol. The Morgan fingerprint density at radius 3 is 2.68 bits per heavy atom. The molecule has 0 aromatic heterocycles. The van der Waals surface area contributed by atoms with Crippen molar-refractivity contribution in [2.24, 2.45) is 5.92 Å². The second kappa shape index (κ2) is 7.58. The van der Waals surface area contributed by atoms with E-state index in [1.807, 2.05) is 37.3 Å². The van der Waals surface area contributed by atoms with Crippen LogP contribution in [0.4, 0.5) is 0 Å². The molecule has 0 bridgehead atoms. The van der Waals surface area contributed by atoms with Gasteiger partial charge in [0.1, 0.15) is 0 Å². The van der Waals surface area contributed by atoms with Gasteiger partial charge in [0, 0.05) is 12.6 Å². The van der Waals surface area contributed by atoms with Gasteiger partial charge in [0.15, 0.2) is 9.84 Å². The molecule has 22 heavy (non-hydrogen) atoms. The highest BCUT2D eigenvalue weighted by Gasteiger charge is 2.27. The number of benzene rings is 1. The Morgan fingerprint density at radius 1 is 1.32 bits per heavy atom. The van der Waals surface area contributed by atoms with Crippen molar-refractivity contribution >= 4 is 21.3 Å². The van der Waals surface area contributed by atoms with E-state index < -0.39 is 9.84 Å². The number of nitrogens with one attached hydrogen (secondary N) is 1. The maximum atomic E-state index is 11.8. The number of hydrogen-bond donors (Lipinski definition) is 1. The molecule has 0 aliphatic carbocycles. The van der Waals surface area contributed by atoms with Crippen molar-refractivity contribution in [1.29, 1.82) is 0 Å². The highest BCUT2D eigenvalue weighted by molar-refractivity contribution is 7.91. The summed E-state index contributed by atoms with van der Waals surface area (Å²) < 4.78 is 22.7. The van der Waals surface area contributed by atoms with Crippen molar-refractivity contribution in [2.45, 2.75) is 26.2 Å². The summed E-state index contributed by atoms with van der Waals surface area (Å²) in [5.74, 6) is 0.806. The lowest BCUT2D eigenvalue weighted by Crippen LogP contribution is -2.23. The first kappa shape index (κ1) is 16.7. The Kier molecular flexibility index (Phi) is 5.77. The molecule has 0 saturated carbocycles. The molecule has 1 unspecified atom stereocenters. The first-order valence-corrected chi connectivity index (χ1v) is 9.50. The van der Waals surface area contributed by atoms with E-state index in [1.165, 1.54) is 0 Å². The van der Waals surface area contributed by atoms with E-state index in [9.17, 15) is 13.2 Å². The summed E-state index contributed by atoms with van der Waals surface area (Å²) in [7, 11) is -2.79. The van der Waals surface area contributed by atoms with Crippen molar-refractivity contribution < 1.29 is 13.2 Å². The van der Waals surface area contributed by atoms with E-state index >= 15 is 0 Å². The number of amides is 1. The summed E-state index contributed by atoms with van der Waals surface area (Å²) in [4.78, 5) is 11.8. The normalized spacial score (nSPS) is 20.8. The van der Waals surface area contributed by atoms with Crippen LogP contribution in [0.3, 0.4) is 0 Å². The zero-order valence-electron chi connectivity index (χ0n) is 12.9. The molecule has 0 radical (unpaired) electrons. The summed E-state index contributed by atoms with van der Waals surface area (Å²) in [5, 5.41) is 2.86. The molecule has 0 spiro atoms. The van der Waals surface area contributed by atoms with Crippen LogP contribution >= 0.6 is 0 Å². The maximum absolute atomic E-state index is 11.8. The lowest BCUT2D eigenvalue weighted by Gasteiger charge is -2.08. The quantitative estimate of drug-likeness (QED) is 0.646. The first-order valence-electron chi connectivity index (χ1n) is 7.68. The van der Waals surface area contributed by atoms with E-state index in [0.29, 0.717) is 18.1 Å². The van der Waals surface area contributed by atoms with Crippen molar-refractivity contribution in [3.05, 3.63) is 42.0 Å². The number of carbonyl (C=O) groups is 1. The SMILES string of the molecule is C/C(=C\C(=O)NCCCC1CCS(=O)(=O)C1)c1ccccc1. The third-order valence-corrected chi connectivity index (χ3v) is 5.83. The fourth-order valence-electron chi connectivity index (χ4n) is 2.73. The second-order valence-corrected chi connectivity index (χ2v) is 8.12. The van der Waals surface area contributed by atoms with Crippen LogP contribution in [0.15, 0.2) is 36.4 Å². The number of hydrogen-bond acceptors (Lipinski definition) is 3. The summed E-state index contributed by atoms with van der Waals surface area (Å²) in [6.07, 6.45) is 4.06. The van der Waals surface area contributed by atoms with Crippen LogP contribution in [0.25, 0.3) is 5.57 Å². The molecular formula is C17H23NO3S. The van der Waals surface area contributed by atoms with Gasteiger partial charge in [-0.1, -0.05) is 30.3 Å². The van der Waals surface area contributed by atoms with Crippen molar-refractivity contribution in [3.8, 4) is 0 Å². The molecule has 1 saturated heterocycles. The zero-order valence-corrected chi connectivity index (χ0v) is 13.7. The molecule has 1 atom stereocenters. The average Bonchev–Trinajstić information content (AvgIpc) is 2.84. The Balaban J connectivity index is 1.70. The molecule has 1 N–H and O–H groups in total. The molecule has 2 rings (SSSR count). The number of rotatable bonds is 6. The Bertz CT molecular complexity index is 635. The third kappa shape index (κ3) is 5.30. The van der Waals surface area contributed by atoms with E-state index in [4.69, 9.17) is 0 Å². The van der Waals surface area contributed by atoms with Gasteiger partial charge in [-0.2, -0.15) is 0 Å². The summed E-state index contributed by atoms with van der Waals surface area (Å²) in [6.45, 7) is 2.51. The molecule has 1 aliphatic heterocycles. The van der Waals surface area contributed by atoms with Gasteiger partial charge >= 0.3 is 0 Å². The number of allylic oxidation sites excluding steroid dienone is 1. The van der Waals surface area contributed by atoms with E-state index in [0.717, 1.165) is 30.4 Å². The van der Waals surface area contributed by atoms with Gasteiger partial charge in [-0.3, -0.25) is 4.79 Å². The molecule has 5 heteroatoms. The molecule has 1 fully saturated rings. The van der Waals surface area contributed by atoms with Crippen LogP contribution in [0.2, 0.25) is 0 Å². The standard InChI is InChI=1S/C17H23NO3S/c1-14(16-7-3-2-4-8-16)12-17(19)18-10-5-6-15-9-11-22(20,21)13-15/h2-4,7-8,12,15H,5-6,9-11,13H2,1H3,(H,18,19)/b14-12+. The summed E-state index contributed by atoms with van der Waals surface area (Å²) >= 11 is 0. The molecule has 1 aromatic carbocycles. The Labute approximate surface area is 132 Å². The molecule has 1 amide bonds. The van der Waals surface area contributed by atoms with Gasteiger partial charge in [0.25, 0.3) is 0 Å². The van der Waals surface area contributed by atoms with Crippen molar-refractivity contribution in [1.82, 2.24) is 5.32 Å². The van der Waals surface area contributed by atoms with Gasteiger partial charge in [-0.05, 0) is 43.2 Å². The molecule has 1 aliphatic rings. The zero-order chi connectivity index (χ0) is 16.0. The van der Waals surface area contributed by atoms with Gasteiger partial charge in [0.2, 0.25) is 5.91 Å².